The molecule has 1 rings (SSSR count). The molecule has 1 aromatic heterocycles. The summed E-state index contributed by atoms with van der Waals surface area (Å²) >= 11 is 0.899. The summed E-state index contributed by atoms with van der Waals surface area (Å²) in [7, 11) is 0. The lowest BCUT2D eigenvalue weighted by Crippen LogP contribution is -1.99. The number of aromatic nitrogens is 1. The quantitative estimate of drug-likeness (QED) is 0.642. The van der Waals surface area contributed by atoms with Gasteiger partial charge in [-0.15, -0.1) is 0 Å². The Balaban J connectivity index is 2.48. The Kier molecular flexibility index (Phi) is 1.94. The van der Waals surface area contributed by atoms with Gasteiger partial charge in [0.2, 0.25) is 0 Å². The summed E-state index contributed by atoms with van der Waals surface area (Å²) in [5, 5.41) is 0.144. The fourth-order valence-corrected chi connectivity index (χ4v) is 0.816. The van der Waals surface area contributed by atoms with Crippen LogP contribution in [0.15, 0.2) is 12.3 Å². The Morgan fingerprint density at radius 2 is 2.44 bits per heavy atom. The van der Waals surface area contributed by atoms with Gasteiger partial charge in [0.1, 0.15) is 0 Å². The molecule has 0 radical (unpaired) electrons. The number of hydrogen-bond donors (Lipinski definition) is 0. The van der Waals surface area contributed by atoms with Crippen LogP contribution in [0.3, 0.4) is 0 Å². The van der Waals surface area contributed by atoms with E-state index >= 15 is 0 Å². The number of halogens is 2. The van der Waals surface area contributed by atoms with Crippen molar-refractivity contribution in [3.8, 4) is 5.06 Å². The Bertz CT molecular complexity index is 165. The third-order valence-electron chi connectivity index (χ3n) is 0.619. The van der Waals surface area contributed by atoms with Gasteiger partial charge in [-0.3, -0.25) is 0 Å². The van der Waals surface area contributed by atoms with Crippen LogP contribution in [0.25, 0.3) is 0 Å². The van der Waals surface area contributed by atoms with Crippen molar-refractivity contribution in [2.75, 3.05) is 0 Å². The van der Waals surface area contributed by atoms with Gasteiger partial charge >= 0.3 is 6.61 Å². The number of rotatable bonds is 2. The number of ether oxygens (including phenoxy) is 1. The van der Waals surface area contributed by atoms with Crippen molar-refractivity contribution < 1.29 is 13.5 Å². The van der Waals surface area contributed by atoms with Gasteiger partial charge in [-0.25, -0.2) is 0 Å². The van der Waals surface area contributed by atoms with Gasteiger partial charge in [0.15, 0.2) is 5.06 Å². The maximum Gasteiger partial charge on any atom is 0.388 e. The van der Waals surface area contributed by atoms with Crippen LogP contribution in [-0.2, 0) is 0 Å². The molecule has 1 aromatic rings. The Morgan fingerprint density at radius 3 is 2.89 bits per heavy atom. The summed E-state index contributed by atoms with van der Waals surface area (Å²) in [5.74, 6) is 0. The van der Waals surface area contributed by atoms with Gasteiger partial charge in [-0.05, 0) is 0 Å². The first-order chi connectivity index (χ1) is 4.29. The zero-order valence-corrected chi connectivity index (χ0v) is 5.07. The minimum atomic E-state index is -2.74. The number of nitrogens with zero attached hydrogens (tertiary/aromatic N) is 1. The van der Waals surface area contributed by atoms with Crippen molar-refractivity contribution >= 4 is 11.5 Å². The van der Waals surface area contributed by atoms with Gasteiger partial charge in [0.05, 0.1) is 0 Å². The molecule has 0 aliphatic rings. The molecular formula is C4H3F2NOS. The summed E-state index contributed by atoms with van der Waals surface area (Å²) in [6.45, 7) is -2.74. The second kappa shape index (κ2) is 2.72. The molecule has 0 N–H and O–H groups in total. The average Bonchev–Trinajstić information content (AvgIpc) is 2.15. The smallest absolute Gasteiger partial charge is 0.388 e. The van der Waals surface area contributed by atoms with E-state index in [1.807, 2.05) is 0 Å². The van der Waals surface area contributed by atoms with Crippen LogP contribution in [0.2, 0.25) is 0 Å². The van der Waals surface area contributed by atoms with Crippen LogP contribution in [0, 0.1) is 0 Å². The van der Waals surface area contributed by atoms with E-state index in [1.54, 1.807) is 0 Å². The van der Waals surface area contributed by atoms with Crippen LogP contribution in [0.5, 0.6) is 5.06 Å². The van der Waals surface area contributed by atoms with E-state index < -0.39 is 6.61 Å². The van der Waals surface area contributed by atoms with E-state index in [4.69, 9.17) is 0 Å². The van der Waals surface area contributed by atoms with E-state index in [-0.39, 0.29) is 5.06 Å². The largest absolute Gasteiger partial charge is 0.423 e. The standard InChI is InChI=1S/C4H3F2NOS/c5-4(6)8-3-1-2-7-9-3/h1-2,4H. The summed E-state index contributed by atoms with van der Waals surface area (Å²) < 4.78 is 30.2. The highest BCUT2D eigenvalue weighted by Crippen LogP contribution is 2.17. The first-order valence-electron chi connectivity index (χ1n) is 2.14. The molecular weight excluding hydrogens is 148 g/mol. The summed E-state index contributed by atoms with van der Waals surface area (Å²) in [6.07, 6.45) is 1.41. The molecule has 0 aliphatic carbocycles. The SMILES string of the molecule is FC(F)Oc1ccns1. The fourth-order valence-electron chi connectivity index (χ4n) is 0.353. The third kappa shape index (κ3) is 1.93. The summed E-state index contributed by atoms with van der Waals surface area (Å²) in [6, 6.07) is 1.39. The normalized spacial score (nSPS) is 10.1. The minimum Gasteiger partial charge on any atom is -0.423 e. The molecule has 0 saturated carbocycles. The first-order valence-corrected chi connectivity index (χ1v) is 2.92. The molecule has 50 valence electrons. The van der Waals surface area contributed by atoms with E-state index in [0.717, 1.165) is 11.5 Å². The number of hydrogen-bond acceptors (Lipinski definition) is 3. The molecule has 0 bridgehead atoms. The van der Waals surface area contributed by atoms with Crippen molar-refractivity contribution in [2.45, 2.75) is 6.61 Å². The lowest BCUT2D eigenvalue weighted by atomic mass is 10.7. The molecule has 0 spiro atoms. The first kappa shape index (κ1) is 6.41. The fraction of sp³-hybridized carbons (Fsp3) is 0.250. The second-order valence-corrected chi connectivity index (χ2v) is 2.01. The van der Waals surface area contributed by atoms with Gasteiger partial charge in [0, 0.05) is 23.8 Å². The lowest BCUT2D eigenvalue weighted by Gasteiger charge is -1.96. The maximum atomic E-state index is 11.4. The third-order valence-corrected chi connectivity index (χ3v) is 1.26. The van der Waals surface area contributed by atoms with Gasteiger partial charge in [0.25, 0.3) is 0 Å². The van der Waals surface area contributed by atoms with Crippen molar-refractivity contribution in [1.82, 2.24) is 4.37 Å². The Hall–Kier alpha value is -0.710. The molecule has 0 atom stereocenters. The summed E-state index contributed by atoms with van der Waals surface area (Å²) in [4.78, 5) is 0. The average molecular weight is 151 g/mol. The number of alkyl halides is 2. The van der Waals surface area contributed by atoms with E-state index in [2.05, 4.69) is 9.11 Å². The van der Waals surface area contributed by atoms with Crippen molar-refractivity contribution in [3.05, 3.63) is 12.3 Å². The maximum absolute atomic E-state index is 11.4. The van der Waals surface area contributed by atoms with Crippen molar-refractivity contribution in [2.24, 2.45) is 0 Å². The second-order valence-electron chi connectivity index (χ2n) is 1.21. The molecule has 1 heterocycles. The lowest BCUT2D eigenvalue weighted by molar-refractivity contribution is -0.0472. The zero-order valence-electron chi connectivity index (χ0n) is 4.25. The molecule has 9 heavy (non-hydrogen) atoms. The van der Waals surface area contributed by atoms with Crippen LogP contribution in [0.4, 0.5) is 8.78 Å². The highest BCUT2D eigenvalue weighted by molar-refractivity contribution is 7.07. The van der Waals surface area contributed by atoms with Crippen LogP contribution in [-0.4, -0.2) is 11.0 Å². The van der Waals surface area contributed by atoms with Gasteiger partial charge < -0.3 is 4.74 Å². The van der Waals surface area contributed by atoms with Gasteiger partial charge in [-0.2, -0.15) is 13.2 Å². The predicted octanol–water partition coefficient (Wildman–Crippen LogP) is 1.74. The molecule has 0 amide bonds. The minimum absolute atomic E-state index is 0.144. The molecule has 0 fully saturated rings. The highest BCUT2D eigenvalue weighted by Gasteiger charge is 2.03. The topological polar surface area (TPSA) is 22.1 Å². The summed E-state index contributed by atoms with van der Waals surface area (Å²) in [5.41, 5.74) is 0. The Morgan fingerprint density at radius 1 is 1.67 bits per heavy atom. The molecule has 0 aliphatic heterocycles. The van der Waals surface area contributed by atoms with Crippen LogP contribution >= 0.6 is 11.5 Å². The van der Waals surface area contributed by atoms with Crippen LogP contribution < -0.4 is 4.74 Å². The van der Waals surface area contributed by atoms with Gasteiger partial charge in [-0.1, -0.05) is 0 Å². The molecule has 0 saturated heterocycles. The zero-order chi connectivity index (χ0) is 6.69. The highest BCUT2D eigenvalue weighted by atomic mass is 32.1. The van der Waals surface area contributed by atoms with E-state index in [0.29, 0.717) is 0 Å². The predicted molar refractivity (Wildman–Crippen MR) is 28.7 cm³/mol. The van der Waals surface area contributed by atoms with E-state index in [1.165, 1.54) is 12.3 Å². The molecule has 5 heteroatoms. The monoisotopic (exact) mass is 151 g/mol. The molecule has 0 aromatic carbocycles. The van der Waals surface area contributed by atoms with E-state index in [9.17, 15) is 8.78 Å². The molecule has 0 unspecified atom stereocenters. The Labute approximate surface area is 54.2 Å². The van der Waals surface area contributed by atoms with Crippen LogP contribution in [0.1, 0.15) is 0 Å². The van der Waals surface area contributed by atoms with Crippen molar-refractivity contribution in [3.63, 3.8) is 0 Å². The van der Waals surface area contributed by atoms with Crippen molar-refractivity contribution in [1.29, 1.82) is 0 Å². The molecule has 2 nitrogen and oxygen atoms in total.